The van der Waals surface area contributed by atoms with Crippen molar-refractivity contribution in [2.75, 3.05) is 13.2 Å². The van der Waals surface area contributed by atoms with Crippen LogP contribution in [0.4, 0.5) is 13.2 Å². The summed E-state index contributed by atoms with van der Waals surface area (Å²) >= 11 is 0. The van der Waals surface area contributed by atoms with Gasteiger partial charge in [-0.1, -0.05) is 13.8 Å². The number of hydrogen-bond acceptors (Lipinski definition) is 3. The quantitative estimate of drug-likeness (QED) is 0.688. The highest BCUT2D eigenvalue weighted by molar-refractivity contribution is 5.77. The summed E-state index contributed by atoms with van der Waals surface area (Å²) in [7, 11) is 0. The Hall–Kier alpha value is -0.820. The maximum absolute atomic E-state index is 11.7. The summed E-state index contributed by atoms with van der Waals surface area (Å²) in [5.74, 6) is -0.893. The SMILES string of the molecule is CC(C)CC(CN)C(=O)NOCC(F)(F)F. The third kappa shape index (κ3) is 7.47. The van der Waals surface area contributed by atoms with Crippen LogP contribution in [-0.2, 0) is 9.63 Å². The predicted octanol–water partition coefficient (Wildman–Crippen LogP) is 1.22. The van der Waals surface area contributed by atoms with E-state index in [9.17, 15) is 18.0 Å². The van der Waals surface area contributed by atoms with E-state index in [0.29, 0.717) is 6.42 Å². The number of nitrogens with one attached hydrogen (secondary N) is 1. The van der Waals surface area contributed by atoms with Crippen LogP contribution in [0.2, 0.25) is 0 Å². The number of hydroxylamine groups is 1. The normalized spacial score (nSPS) is 13.9. The molecule has 0 bridgehead atoms. The van der Waals surface area contributed by atoms with Gasteiger partial charge in [-0.25, -0.2) is 5.48 Å². The van der Waals surface area contributed by atoms with Gasteiger partial charge in [0.25, 0.3) is 0 Å². The van der Waals surface area contributed by atoms with Crippen LogP contribution >= 0.6 is 0 Å². The Morgan fingerprint density at radius 1 is 1.44 bits per heavy atom. The van der Waals surface area contributed by atoms with E-state index in [4.69, 9.17) is 5.73 Å². The summed E-state index contributed by atoms with van der Waals surface area (Å²) in [6.45, 7) is 2.37. The molecule has 0 aliphatic heterocycles. The third-order valence-corrected chi connectivity index (χ3v) is 1.82. The summed E-state index contributed by atoms with van der Waals surface area (Å²) in [6.07, 6.45) is -3.94. The van der Waals surface area contributed by atoms with Gasteiger partial charge in [-0.15, -0.1) is 0 Å². The van der Waals surface area contributed by atoms with Crippen LogP contribution in [0.25, 0.3) is 0 Å². The average molecular weight is 242 g/mol. The fourth-order valence-electron chi connectivity index (χ4n) is 1.15. The molecule has 0 fully saturated rings. The molecular weight excluding hydrogens is 225 g/mol. The smallest absolute Gasteiger partial charge is 0.330 e. The van der Waals surface area contributed by atoms with E-state index in [0.717, 1.165) is 0 Å². The van der Waals surface area contributed by atoms with Gasteiger partial charge in [-0.2, -0.15) is 13.2 Å². The van der Waals surface area contributed by atoms with Crippen molar-refractivity contribution in [3.63, 3.8) is 0 Å². The van der Waals surface area contributed by atoms with Crippen LogP contribution in [0.3, 0.4) is 0 Å². The molecule has 7 heteroatoms. The molecule has 0 heterocycles. The Labute approximate surface area is 92.3 Å². The first-order valence-electron chi connectivity index (χ1n) is 4.94. The number of rotatable bonds is 6. The van der Waals surface area contributed by atoms with Gasteiger partial charge in [0.1, 0.15) is 0 Å². The standard InChI is InChI=1S/C9H17F3N2O2/c1-6(2)3-7(4-13)8(15)14-16-5-9(10,11)12/h6-7H,3-5,13H2,1-2H3,(H,14,15). The van der Waals surface area contributed by atoms with E-state index in [1.807, 2.05) is 13.8 Å². The minimum absolute atomic E-state index is 0.0827. The highest BCUT2D eigenvalue weighted by Gasteiger charge is 2.29. The Morgan fingerprint density at radius 3 is 2.38 bits per heavy atom. The molecular formula is C9H17F3N2O2. The van der Waals surface area contributed by atoms with Crippen molar-refractivity contribution in [2.24, 2.45) is 17.6 Å². The van der Waals surface area contributed by atoms with Crippen molar-refractivity contribution in [2.45, 2.75) is 26.4 Å². The lowest BCUT2D eigenvalue weighted by Gasteiger charge is -2.16. The maximum Gasteiger partial charge on any atom is 0.414 e. The van der Waals surface area contributed by atoms with E-state index in [2.05, 4.69) is 4.84 Å². The molecule has 0 aromatic heterocycles. The second kappa shape index (κ2) is 6.70. The Kier molecular flexibility index (Phi) is 6.35. The van der Waals surface area contributed by atoms with E-state index in [1.165, 1.54) is 0 Å². The minimum Gasteiger partial charge on any atom is -0.330 e. The highest BCUT2D eigenvalue weighted by atomic mass is 19.4. The predicted molar refractivity (Wildman–Crippen MR) is 52.1 cm³/mol. The summed E-state index contributed by atoms with van der Waals surface area (Å²) in [5.41, 5.74) is 7.10. The molecule has 4 nitrogen and oxygen atoms in total. The monoisotopic (exact) mass is 242 g/mol. The Balaban J connectivity index is 3.93. The number of amides is 1. The molecule has 0 aromatic rings. The molecule has 3 N–H and O–H groups in total. The Bertz CT molecular complexity index is 219. The zero-order chi connectivity index (χ0) is 12.8. The van der Waals surface area contributed by atoms with Gasteiger partial charge in [0.15, 0.2) is 6.61 Å². The first-order chi connectivity index (χ1) is 7.26. The lowest BCUT2D eigenvalue weighted by Crippen LogP contribution is -2.37. The van der Waals surface area contributed by atoms with Crippen LogP contribution in [0.15, 0.2) is 0 Å². The lowest BCUT2D eigenvalue weighted by atomic mass is 9.97. The third-order valence-electron chi connectivity index (χ3n) is 1.82. The first-order valence-corrected chi connectivity index (χ1v) is 4.94. The van der Waals surface area contributed by atoms with Crippen LogP contribution < -0.4 is 11.2 Å². The molecule has 1 atom stereocenters. The largest absolute Gasteiger partial charge is 0.414 e. The van der Waals surface area contributed by atoms with E-state index in [1.54, 1.807) is 5.48 Å². The molecule has 0 radical (unpaired) electrons. The highest BCUT2D eigenvalue weighted by Crippen LogP contribution is 2.14. The van der Waals surface area contributed by atoms with Crippen LogP contribution in [0.5, 0.6) is 0 Å². The van der Waals surface area contributed by atoms with Crippen LogP contribution in [0.1, 0.15) is 20.3 Å². The molecule has 0 rings (SSSR count). The number of carbonyl (C=O) groups is 1. The molecule has 0 saturated heterocycles. The number of hydrogen-bond donors (Lipinski definition) is 2. The van der Waals surface area contributed by atoms with Gasteiger partial charge in [-0.05, 0) is 12.3 Å². The van der Waals surface area contributed by atoms with Gasteiger partial charge < -0.3 is 5.73 Å². The van der Waals surface area contributed by atoms with Crippen molar-refractivity contribution in [1.82, 2.24) is 5.48 Å². The van der Waals surface area contributed by atoms with Crippen molar-refractivity contribution in [3.05, 3.63) is 0 Å². The summed E-state index contributed by atoms with van der Waals surface area (Å²) in [6, 6.07) is 0. The number of halogens is 3. The summed E-state index contributed by atoms with van der Waals surface area (Å²) in [4.78, 5) is 15.4. The van der Waals surface area contributed by atoms with Crippen LogP contribution in [-0.4, -0.2) is 25.2 Å². The molecule has 16 heavy (non-hydrogen) atoms. The average Bonchev–Trinajstić information content (AvgIpc) is 2.11. The number of nitrogens with two attached hydrogens (primary N) is 1. The van der Waals surface area contributed by atoms with Gasteiger partial charge >= 0.3 is 6.18 Å². The topological polar surface area (TPSA) is 64.4 Å². The second-order valence-corrected chi connectivity index (χ2v) is 3.93. The van der Waals surface area contributed by atoms with Gasteiger partial charge in [-0.3, -0.25) is 9.63 Å². The lowest BCUT2D eigenvalue weighted by molar-refractivity contribution is -0.192. The molecule has 0 aliphatic carbocycles. The molecule has 0 saturated carbocycles. The van der Waals surface area contributed by atoms with E-state index < -0.39 is 24.6 Å². The molecule has 1 amide bonds. The fraction of sp³-hybridized carbons (Fsp3) is 0.889. The van der Waals surface area contributed by atoms with Crippen molar-refractivity contribution >= 4 is 5.91 Å². The molecule has 0 aromatic carbocycles. The van der Waals surface area contributed by atoms with E-state index in [-0.39, 0.29) is 12.5 Å². The molecule has 0 aliphatic rings. The second-order valence-electron chi connectivity index (χ2n) is 3.93. The van der Waals surface area contributed by atoms with Crippen molar-refractivity contribution < 1.29 is 22.8 Å². The maximum atomic E-state index is 11.7. The van der Waals surface area contributed by atoms with Crippen molar-refractivity contribution in [1.29, 1.82) is 0 Å². The number of carbonyl (C=O) groups excluding carboxylic acids is 1. The van der Waals surface area contributed by atoms with E-state index >= 15 is 0 Å². The summed E-state index contributed by atoms with van der Waals surface area (Å²) in [5, 5.41) is 0. The number of alkyl halides is 3. The molecule has 96 valence electrons. The zero-order valence-electron chi connectivity index (χ0n) is 9.30. The van der Waals surface area contributed by atoms with Gasteiger partial charge in [0.2, 0.25) is 5.91 Å². The van der Waals surface area contributed by atoms with Crippen LogP contribution in [0, 0.1) is 11.8 Å². The van der Waals surface area contributed by atoms with Crippen molar-refractivity contribution in [3.8, 4) is 0 Å². The fourth-order valence-corrected chi connectivity index (χ4v) is 1.15. The first kappa shape index (κ1) is 15.2. The summed E-state index contributed by atoms with van der Waals surface area (Å²) < 4.78 is 35.1. The molecule has 0 spiro atoms. The Morgan fingerprint density at radius 2 is 2.00 bits per heavy atom. The minimum atomic E-state index is -4.45. The molecule has 1 unspecified atom stereocenters. The van der Waals surface area contributed by atoms with Gasteiger partial charge in [0, 0.05) is 6.54 Å². The van der Waals surface area contributed by atoms with Gasteiger partial charge in [0.05, 0.1) is 5.92 Å². The zero-order valence-corrected chi connectivity index (χ0v) is 9.30.